The predicted octanol–water partition coefficient (Wildman–Crippen LogP) is 3.05. The standard InChI is InChI=1S/C15H12BrFN2O2/c1-2-10-13(18)12(17)14(19-15(10)11(21)7-20)8-3-5-9(16)6-4-8/h2-6,20H,1,7H2,(H2,18,19). The molecule has 6 heteroatoms. The van der Waals surface area contributed by atoms with Crippen molar-refractivity contribution in [2.24, 2.45) is 0 Å². The van der Waals surface area contributed by atoms with E-state index in [0.717, 1.165) is 4.47 Å². The fraction of sp³-hybridized carbons (Fsp3) is 0.0667. The van der Waals surface area contributed by atoms with Gasteiger partial charge in [0, 0.05) is 15.6 Å². The first-order chi connectivity index (χ1) is 9.99. The van der Waals surface area contributed by atoms with Gasteiger partial charge in [-0.1, -0.05) is 40.7 Å². The molecule has 0 atom stereocenters. The van der Waals surface area contributed by atoms with Crippen molar-refractivity contribution in [3.05, 3.63) is 52.4 Å². The van der Waals surface area contributed by atoms with Gasteiger partial charge in [0.1, 0.15) is 18.0 Å². The molecular weight excluding hydrogens is 339 g/mol. The minimum absolute atomic E-state index is 0.0394. The fourth-order valence-corrected chi connectivity index (χ4v) is 2.15. The Morgan fingerprint density at radius 3 is 2.57 bits per heavy atom. The van der Waals surface area contributed by atoms with Crippen molar-refractivity contribution in [3.8, 4) is 11.3 Å². The maximum Gasteiger partial charge on any atom is 0.207 e. The molecule has 3 N–H and O–H groups in total. The molecule has 0 saturated carbocycles. The van der Waals surface area contributed by atoms with Crippen LogP contribution >= 0.6 is 15.9 Å². The van der Waals surface area contributed by atoms with Crippen molar-refractivity contribution in [2.75, 3.05) is 12.3 Å². The zero-order chi connectivity index (χ0) is 15.6. The third kappa shape index (κ3) is 2.86. The first-order valence-electron chi connectivity index (χ1n) is 6.01. The minimum Gasteiger partial charge on any atom is -0.396 e. The average molecular weight is 351 g/mol. The Bertz CT molecular complexity index is 715. The van der Waals surface area contributed by atoms with Crippen LogP contribution in [0.1, 0.15) is 16.1 Å². The molecule has 4 nitrogen and oxygen atoms in total. The molecule has 0 amide bonds. The lowest BCUT2D eigenvalue weighted by atomic mass is 10.0. The number of rotatable bonds is 4. The Morgan fingerprint density at radius 1 is 1.43 bits per heavy atom. The van der Waals surface area contributed by atoms with Crippen LogP contribution in [0.3, 0.4) is 0 Å². The van der Waals surface area contributed by atoms with E-state index >= 15 is 0 Å². The summed E-state index contributed by atoms with van der Waals surface area (Å²) in [6.45, 7) is 2.76. The molecule has 108 valence electrons. The molecule has 1 aromatic carbocycles. The lowest BCUT2D eigenvalue weighted by Crippen LogP contribution is -2.13. The van der Waals surface area contributed by atoms with Crippen molar-refractivity contribution in [3.63, 3.8) is 0 Å². The van der Waals surface area contributed by atoms with Crippen LogP contribution in [0, 0.1) is 5.82 Å². The minimum atomic E-state index is -0.737. The maximum atomic E-state index is 14.4. The summed E-state index contributed by atoms with van der Waals surface area (Å²) < 4.78 is 15.2. The van der Waals surface area contributed by atoms with Crippen LogP contribution in [0.2, 0.25) is 0 Å². The monoisotopic (exact) mass is 350 g/mol. The second-order valence-corrected chi connectivity index (χ2v) is 5.16. The third-order valence-electron chi connectivity index (χ3n) is 2.94. The number of Topliss-reactive ketones (excluding diaryl/α,β-unsaturated/α-hetero) is 1. The molecule has 2 rings (SSSR count). The fourth-order valence-electron chi connectivity index (χ4n) is 1.89. The maximum absolute atomic E-state index is 14.4. The van der Waals surface area contributed by atoms with Crippen LogP contribution in [0.4, 0.5) is 10.1 Å². The van der Waals surface area contributed by atoms with E-state index in [1.807, 2.05) is 0 Å². The molecule has 1 aromatic heterocycles. The van der Waals surface area contributed by atoms with Gasteiger partial charge in [0.05, 0.1) is 5.69 Å². The molecule has 0 unspecified atom stereocenters. The molecule has 0 spiro atoms. The molecule has 21 heavy (non-hydrogen) atoms. The van der Waals surface area contributed by atoms with Gasteiger partial charge in [0.2, 0.25) is 5.78 Å². The summed E-state index contributed by atoms with van der Waals surface area (Å²) in [4.78, 5) is 15.8. The van der Waals surface area contributed by atoms with Crippen LogP contribution in [-0.2, 0) is 0 Å². The van der Waals surface area contributed by atoms with Gasteiger partial charge in [-0.05, 0) is 12.1 Å². The number of anilines is 1. The molecule has 0 saturated heterocycles. The average Bonchev–Trinajstić information content (AvgIpc) is 2.50. The molecule has 2 aromatic rings. The third-order valence-corrected chi connectivity index (χ3v) is 3.47. The highest BCUT2D eigenvalue weighted by Crippen LogP contribution is 2.30. The molecule has 0 fully saturated rings. The number of ketones is 1. The highest BCUT2D eigenvalue weighted by molar-refractivity contribution is 9.10. The van der Waals surface area contributed by atoms with Crippen LogP contribution in [0.25, 0.3) is 17.3 Å². The summed E-state index contributed by atoms with van der Waals surface area (Å²) >= 11 is 3.28. The zero-order valence-corrected chi connectivity index (χ0v) is 12.5. The van der Waals surface area contributed by atoms with Crippen LogP contribution in [0.5, 0.6) is 0 Å². The largest absolute Gasteiger partial charge is 0.396 e. The zero-order valence-electron chi connectivity index (χ0n) is 10.9. The number of halogens is 2. The summed E-state index contributed by atoms with van der Waals surface area (Å²) in [7, 11) is 0. The van der Waals surface area contributed by atoms with Gasteiger partial charge in [0.25, 0.3) is 0 Å². The second-order valence-electron chi connectivity index (χ2n) is 4.24. The first-order valence-corrected chi connectivity index (χ1v) is 6.80. The number of carbonyl (C=O) groups is 1. The number of hydrogen-bond acceptors (Lipinski definition) is 4. The van der Waals surface area contributed by atoms with Gasteiger partial charge in [-0.2, -0.15) is 0 Å². The number of pyridine rings is 1. The van der Waals surface area contributed by atoms with Crippen molar-refractivity contribution < 1.29 is 14.3 Å². The molecule has 0 radical (unpaired) electrons. The van der Waals surface area contributed by atoms with Crippen molar-refractivity contribution in [1.29, 1.82) is 0 Å². The number of benzene rings is 1. The molecule has 0 bridgehead atoms. The summed E-state index contributed by atoms with van der Waals surface area (Å²) in [5, 5.41) is 9.00. The summed E-state index contributed by atoms with van der Waals surface area (Å²) in [6.07, 6.45) is 1.25. The molecular formula is C15H12BrFN2O2. The number of aliphatic hydroxyl groups excluding tert-OH is 1. The van der Waals surface area contributed by atoms with Gasteiger partial charge in [-0.25, -0.2) is 9.37 Å². The Morgan fingerprint density at radius 2 is 2.05 bits per heavy atom. The van der Waals surface area contributed by atoms with E-state index in [0.29, 0.717) is 5.56 Å². The Hall–Kier alpha value is -2.05. The molecule has 0 aliphatic rings. The van der Waals surface area contributed by atoms with Crippen molar-refractivity contribution in [1.82, 2.24) is 4.98 Å². The highest BCUT2D eigenvalue weighted by Gasteiger charge is 2.21. The number of hydrogen-bond donors (Lipinski definition) is 2. The Labute approximate surface area is 129 Å². The van der Waals surface area contributed by atoms with Crippen LogP contribution in [-0.4, -0.2) is 22.5 Å². The second kappa shape index (κ2) is 6.15. The highest BCUT2D eigenvalue weighted by atomic mass is 79.9. The predicted molar refractivity (Wildman–Crippen MR) is 83.3 cm³/mol. The lowest BCUT2D eigenvalue weighted by Gasteiger charge is -2.12. The topological polar surface area (TPSA) is 76.2 Å². The van der Waals surface area contributed by atoms with E-state index in [-0.39, 0.29) is 22.6 Å². The number of nitrogen functional groups attached to an aromatic ring is 1. The van der Waals surface area contributed by atoms with E-state index in [9.17, 15) is 9.18 Å². The summed E-state index contributed by atoms with van der Waals surface area (Å²) in [5.41, 5.74) is 5.95. The lowest BCUT2D eigenvalue weighted by molar-refractivity contribution is 0.0898. The van der Waals surface area contributed by atoms with Gasteiger partial charge in [-0.15, -0.1) is 0 Å². The molecule has 0 aliphatic carbocycles. The van der Waals surface area contributed by atoms with E-state index in [1.54, 1.807) is 24.3 Å². The Kier molecular flexibility index (Phi) is 4.50. The van der Waals surface area contributed by atoms with E-state index < -0.39 is 18.2 Å². The summed E-state index contributed by atoms with van der Waals surface area (Å²) in [6, 6.07) is 6.74. The smallest absolute Gasteiger partial charge is 0.207 e. The quantitative estimate of drug-likeness (QED) is 0.831. The van der Waals surface area contributed by atoms with Gasteiger partial charge in [-0.3, -0.25) is 4.79 Å². The molecule has 0 aliphatic heterocycles. The number of nitrogens with two attached hydrogens (primary N) is 1. The van der Waals surface area contributed by atoms with Gasteiger partial charge < -0.3 is 10.8 Å². The van der Waals surface area contributed by atoms with Crippen molar-refractivity contribution in [2.45, 2.75) is 0 Å². The first kappa shape index (κ1) is 15.3. The Balaban J connectivity index is 2.72. The number of aromatic nitrogens is 1. The number of carbonyl (C=O) groups excluding carboxylic acids is 1. The molecule has 1 heterocycles. The normalized spacial score (nSPS) is 10.4. The van der Waals surface area contributed by atoms with E-state index in [4.69, 9.17) is 10.8 Å². The SMILES string of the molecule is C=Cc1c(C(=O)CO)nc(-c2ccc(Br)cc2)c(F)c1N. The van der Waals surface area contributed by atoms with E-state index in [1.165, 1.54) is 6.08 Å². The van der Waals surface area contributed by atoms with E-state index in [2.05, 4.69) is 27.5 Å². The van der Waals surface area contributed by atoms with Gasteiger partial charge >= 0.3 is 0 Å². The van der Waals surface area contributed by atoms with Gasteiger partial charge in [0.15, 0.2) is 5.82 Å². The number of nitrogens with zero attached hydrogens (tertiary/aromatic N) is 1. The van der Waals surface area contributed by atoms with Crippen LogP contribution < -0.4 is 5.73 Å². The van der Waals surface area contributed by atoms with Crippen molar-refractivity contribution >= 4 is 33.5 Å². The van der Waals surface area contributed by atoms with Crippen LogP contribution in [0.15, 0.2) is 35.3 Å². The summed E-state index contributed by atoms with van der Waals surface area (Å²) in [5.74, 6) is -1.36. The number of aliphatic hydroxyl groups is 1.